The van der Waals surface area contributed by atoms with E-state index in [1.807, 2.05) is 24.3 Å². The maximum Gasteiger partial charge on any atom is 0.214 e. The number of tetrazole rings is 1. The molecule has 1 fully saturated rings. The molecule has 20 heavy (non-hydrogen) atoms. The summed E-state index contributed by atoms with van der Waals surface area (Å²) in [6, 6.07) is 7.66. The molecule has 0 amide bonds. The first-order valence-corrected chi connectivity index (χ1v) is 7.52. The molecule has 1 aromatic heterocycles. The highest BCUT2D eigenvalue weighted by Gasteiger charge is 2.18. The van der Waals surface area contributed by atoms with Gasteiger partial charge in [0, 0.05) is 12.4 Å². The van der Waals surface area contributed by atoms with Crippen molar-refractivity contribution in [3.63, 3.8) is 0 Å². The molecule has 0 N–H and O–H groups in total. The quantitative estimate of drug-likeness (QED) is 0.785. The van der Waals surface area contributed by atoms with E-state index in [9.17, 15) is 0 Å². The van der Waals surface area contributed by atoms with Gasteiger partial charge in [-0.05, 0) is 47.5 Å². The smallest absolute Gasteiger partial charge is 0.214 e. The predicted molar refractivity (Wildman–Crippen MR) is 75.4 cm³/mol. The first-order chi connectivity index (χ1) is 9.86. The average Bonchev–Trinajstić information content (AvgIpc) is 3.16. The van der Waals surface area contributed by atoms with Crippen LogP contribution in [0.4, 0.5) is 0 Å². The molecule has 3 rings (SSSR count). The molecular weight excluding hydrogens is 276 g/mol. The van der Waals surface area contributed by atoms with Crippen LogP contribution in [0.25, 0.3) is 5.69 Å². The van der Waals surface area contributed by atoms with Gasteiger partial charge in [-0.1, -0.05) is 11.8 Å². The van der Waals surface area contributed by atoms with E-state index in [4.69, 9.17) is 9.47 Å². The summed E-state index contributed by atoms with van der Waals surface area (Å²) >= 11 is 1.63. The number of hydrogen-bond acceptors (Lipinski definition) is 6. The zero-order valence-corrected chi connectivity index (χ0v) is 12.0. The minimum absolute atomic E-state index is 0.320. The van der Waals surface area contributed by atoms with Crippen molar-refractivity contribution in [2.45, 2.75) is 24.1 Å². The van der Waals surface area contributed by atoms with Gasteiger partial charge in [-0.2, -0.15) is 4.68 Å². The van der Waals surface area contributed by atoms with Crippen molar-refractivity contribution in [1.82, 2.24) is 20.2 Å². The Hall–Kier alpha value is -1.60. The molecule has 6 nitrogen and oxygen atoms in total. The van der Waals surface area contributed by atoms with Crippen molar-refractivity contribution in [1.29, 1.82) is 0 Å². The summed E-state index contributed by atoms with van der Waals surface area (Å²) in [7, 11) is 1.65. The second-order valence-electron chi connectivity index (χ2n) is 4.52. The Morgan fingerprint density at radius 2 is 2.25 bits per heavy atom. The standard InChI is InChI=1S/C13H16N4O2S/c1-18-11-6-4-10(5-7-11)17-13(14-15-16-17)20-9-12-3-2-8-19-12/h4-7,12H,2-3,8-9H2,1H3/t12-/m1/s1. The highest BCUT2D eigenvalue weighted by atomic mass is 32.2. The summed E-state index contributed by atoms with van der Waals surface area (Å²) in [6.07, 6.45) is 2.59. The molecule has 2 heterocycles. The third-order valence-corrected chi connectivity index (χ3v) is 4.23. The van der Waals surface area contributed by atoms with Gasteiger partial charge in [-0.3, -0.25) is 0 Å². The van der Waals surface area contributed by atoms with E-state index in [-0.39, 0.29) is 0 Å². The van der Waals surface area contributed by atoms with Gasteiger partial charge in [-0.15, -0.1) is 5.10 Å². The van der Waals surface area contributed by atoms with E-state index in [2.05, 4.69) is 15.5 Å². The topological polar surface area (TPSA) is 62.1 Å². The summed E-state index contributed by atoms with van der Waals surface area (Å²) in [4.78, 5) is 0. The van der Waals surface area contributed by atoms with Crippen LogP contribution in [0.5, 0.6) is 5.75 Å². The fourth-order valence-electron chi connectivity index (χ4n) is 2.10. The van der Waals surface area contributed by atoms with E-state index < -0.39 is 0 Å². The van der Waals surface area contributed by atoms with Crippen LogP contribution in [0.3, 0.4) is 0 Å². The zero-order valence-electron chi connectivity index (χ0n) is 11.2. The second kappa shape index (κ2) is 6.23. The number of aromatic nitrogens is 4. The van der Waals surface area contributed by atoms with E-state index in [0.29, 0.717) is 6.10 Å². The highest BCUT2D eigenvalue weighted by molar-refractivity contribution is 7.99. The normalized spacial score (nSPS) is 18.4. The highest BCUT2D eigenvalue weighted by Crippen LogP contribution is 2.24. The Morgan fingerprint density at radius 3 is 2.95 bits per heavy atom. The van der Waals surface area contributed by atoms with Gasteiger partial charge in [0.25, 0.3) is 0 Å². The Bertz CT molecular complexity index is 552. The molecule has 1 aromatic carbocycles. The summed E-state index contributed by atoms with van der Waals surface area (Å²) < 4.78 is 12.5. The van der Waals surface area contributed by atoms with Gasteiger partial charge in [0.2, 0.25) is 5.16 Å². The molecule has 1 aliphatic heterocycles. The molecule has 1 aliphatic rings. The summed E-state index contributed by atoms with van der Waals surface area (Å²) in [5, 5.41) is 12.7. The van der Waals surface area contributed by atoms with E-state index in [1.54, 1.807) is 23.6 Å². The van der Waals surface area contributed by atoms with Crippen LogP contribution in [0.2, 0.25) is 0 Å². The number of ether oxygens (including phenoxy) is 2. The van der Waals surface area contributed by atoms with Crippen LogP contribution in [-0.4, -0.2) is 45.8 Å². The van der Waals surface area contributed by atoms with Gasteiger partial charge in [0.1, 0.15) is 5.75 Å². The molecule has 0 spiro atoms. The van der Waals surface area contributed by atoms with Gasteiger partial charge in [0.05, 0.1) is 18.9 Å². The second-order valence-corrected chi connectivity index (χ2v) is 5.50. The third-order valence-electron chi connectivity index (χ3n) is 3.18. The molecule has 0 aliphatic carbocycles. The van der Waals surface area contributed by atoms with Crippen LogP contribution in [0, 0.1) is 0 Å². The van der Waals surface area contributed by atoms with E-state index in [1.165, 1.54) is 0 Å². The molecule has 2 aromatic rings. The number of rotatable bonds is 5. The Morgan fingerprint density at radius 1 is 1.40 bits per heavy atom. The van der Waals surface area contributed by atoms with Crippen molar-refractivity contribution in [3.8, 4) is 11.4 Å². The lowest BCUT2D eigenvalue weighted by Crippen LogP contribution is -2.09. The van der Waals surface area contributed by atoms with Crippen molar-refractivity contribution in [2.24, 2.45) is 0 Å². The molecule has 0 unspecified atom stereocenters. The van der Waals surface area contributed by atoms with Gasteiger partial charge in [-0.25, -0.2) is 0 Å². The van der Waals surface area contributed by atoms with Crippen molar-refractivity contribution in [3.05, 3.63) is 24.3 Å². The maximum atomic E-state index is 5.61. The number of nitrogens with zero attached hydrogens (tertiary/aromatic N) is 4. The number of thioether (sulfide) groups is 1. The fraction of sp³-hybridized carbons (Fsp3) is 0.462. The minimum atomic E-state index is 0.320. The molecular formula is C13H16N4O2S. The first-order valence-electron chi connectivity index (χ1n) is 6.54. The minimum Gasteiger partial charge on any atom is -0.497 e. The third kappa shape index (κ3) is 2.94. The number of benzene rings is 1. The number of methoxy groups -OCH3 is 1. The van der Waals surface area contributed by atoms with Crippen LogP contribution >= 0.6 is 11.8 Å². The Balaban J connectivity index is 1.71. The number of hydrogen-bond donors (Lipinski definition) is 0. The molecule has 1 saturated heterocycles. The lowest BCUT2D eigenvalue weighted by atomic mass is 10.3. The lowest BCUT2D eigenvalue weighted by molar-refractivity contribution is 0.129. The van der Waals surface area contributed by atoms with Gasteiger partial charge >= 0.3 is 0 Å². The monoisotopic (exact) mass is 292 g/mol. The van der Waals surface area contributed by atoms with Crippen LogP contribution in [0.1, 0.15) is 12.8 Å². The van der Waals surface area contributed by atoms with Crippen LogP contribution < -0.4 is 4.74 Å². The van der Waals surface area contributed by atoms with Crippen molar-refractivity contribution >= 4 is 11.8 Å². The van der Waals surface area contributed by atoms with Crippen LogP contribution in [0.15, 0.2) is 29.4 Å². The molecule has 0 radical (unpaired) electrons. The summed E-state index contributed by atoms with van der Waals surface area (Å²) in [6.45, 7) is 0.870. The predicted octanol–water partition coefficient (Wildman–Crippen LogP) is 1.94. The van der Waals surface area contributed by atoms with Gasteiger partial charge in [0.15, 0.2) is 0 Å². The SMILES string of the molecule is COc1ccc(-n2nnnc2SC[C@H]2CCCO2)cc1. The Kier molecular flexibility index (Phi) is 4.17. The molecule has 1 atom stereocenters. The summed E-state index contributed by atoms with van der Waals surface area (Å²) in [5.41, 5.74) is 0.922. The Labute approximate surface area is 121 Å². The molecule has 7 heteroatoms. The zero-order chi connectivity index (χ0) is 13.8. The first kappa shape index (κ1) is 13.4. The largest absolute Gasteiger partial charge is 0.497 e. The van der Waals surface area contributed by atoms with E-state index >= 15 is 0 Å². The molecule has 0 bridgehead atoms. The average molecular weight is 292 g/mol. The van der Waals surface area contributed by atoms with Crippen molar-refractivity contribution in [2.75, 3.05) is 19.5 Å². The molecule has 0 saturated carbocycles. The maximum absolute atomic E-state index is 5.61. The lowest BCUT2D eigenvalue weighted by Gasteiger charge is -2.08. The summed E-state index contributed by atoms with van der Waals surface area (Å²) in [5.74, 6) is 1.70. The van der Waals surface area contributed by atoms with E-state index in [0.717, 1.165) is 41.8 Å². The molecule has 106 valence electrons. The fourth-order valence-corrected chi connectivity index (χ4v) is 3.05. The van der Waals surface area contributed by atoms with Crippen molar-refractivity contribution < 1.29 is 9.47 Å². The van der Waals surface area contributed by atoms with Crippen LogP contribution in [-0.2, 0) is 4.74 Å². The van der Waals surface area contributed by atoms with Gasteiger partial charge < -0.3 is 9.47 Å².